The highest BCUT2D eigenvalue weighted by Crippen LogP contribution is 2.19. The highest BCUT2D eigenvalue weighted by Gasteiger charge is 2.23. The van der Waals surface area contributed by atoms with E-state index in [1.807, 2.05) is 17.0 Å². The molecule has 0 N–H and O–H groups in total. The summed E-state index contributed by atoms with van der Waals surface area (Å²) in [5, 5.41) is 8.89. The van der Waals surface area contributed by atoms with Crippen molar-refractivity contribution in [2.75, 3.05) is 19.7 Å². The molecule has 2 aromatic heterocycles. The molecule has 0 radical (unpaired) electrons. The number of nitrogens with zero attached hydrogens (tertiary/aromatic N) is 4. The van der Waals surface area contributed by atoms with Gasteiger partial charge in [-0.2, -0.15) is 5.26 Å². The van der Waals surface area contributed by atoms with E-state index in [1.165, 1.54) is 0 Å². The fraction of sp³-hybridized carbons (Fsp3) is 0.368. The number of hydrogen-bond donors (Lipinski definition) is 0. The number of nitriles is 1. The molecule has 0 unspecified atom stereocenters. The fourth-order valence-electron chi connectivity index (χ4n) is 2.90. The Hall–Kier alpha value is -2.94. The van der Waals surface area contributed by atoms with E-state index in [0.717, 1.165) is 31.5 Å². The van der Waals surface area contributed by atoms with Crippen molar-refractivity contribution < 1.29 is 9.53 Å². The van der Waals surface area contributed by atoms with Crippen molar-refractivity contribution in [1.29, 1.82) is 5.26 Å². The first-order valence-corrected chi connectivity index (χ1v) is 8.40. The number of rotatable bonds is 5. The third-order valence-corrected chi connectivity index (χ3v) is 4.38. The van der Waals surface area contributed by atoms with Gasteiger partial charge in [0, 0.05) is 37.7 Å². The zero-order chi connectivity index (χ0) is 17.5. The van der Waals surface area contributed by atoms with Gasteiger partial charge in [-0.3, -0.25) is 9.78 Å². The van der Waals surface area contributed by atoms with Crippen LogP contribution in [0.2, 0.25) is 0 Å². The number of likely N-dealkylation sites (tertiary alicyclic amines) is 1. The lowest BCUT2D eigenvalue weighted by Gasteiger charge is -2.31. The summed E-state index contributed by atoms with van der Waals surface area (Å²) in [5.74, 6) is 1.03. The second-order valence-corrected chi connectivity index (χ2v) is 6.17. The van der Waals surface area contributed by atoms with E-state index in [4.69, 9.17) is 10.00 Å². The van der Waals surface area contributed by atoms with E-state index in [1.54, 1.807) is 30.7 Å². The lowest BCUT2D eigenvalue weighted by atomic mass is 9.97. The standard InChI is InChI=1S/C19H20N4O2/c20-12-16-3-7-22-18(10-16)25-14-15-4-8-23(9-5-15)19(24)11-17-2-1-6-21-13-17/h1-3,6-7,10,13,15H,4-5,8-9,11,14H2. The maximum atomic E-state index is 12.4. The highest BCUT2D eigenvalue weighted by atomic mass is 16.5. The summed E-state index contributed by atoms with van der Waals surface area (Å²) < 4.78 is 5.71. The largest absolute Gasteiger partial charge is 0.477 e. The second-order valence-electron chi connectivity index (χ2n) is 6.17. The molecule has 1 aliphatic rings. The fourth-order valence-corrected chi connectivity index (χ4v) is 2.90. The van der Waals surface area contributed by atoms with Gasteiger partial charge in [-0.1, -0.05) is 6.07 Å². The van der Waals surface area contributed by atoms with Gasteiger partial charge in [0.1, 0.15) is 0 Å². The zero-order valence-corrected chi connectivity index (χ0v) is 14.0. The summed E-state index contributed by atoms with van der Waals surface area (Å²) in [6.45, 7) is 2.06. The first-order chi connectivity index (χ1) is 12.2. The molecule has 1 amide bonds. The van der Waals surface area contributed by atoms with Crippen LogP contribution in [0.15, 0.2) is 42.9 Å². The lowest BCUT2D eigenvalue weighted by molar-refractivity contribution is -0.132. The molecule has 1 fully saturated rings. The Morgan fingerprint density at radius 2 is 2.16 bits per heavy atom. The number of amides is 1. The molecule has 0 aromatic carbocycles. The normalized spacial score (nSPS) is 14.8. The lowest BCUT2D eigenvalue weighted by Crippen LogP contribution is -2.40. The Balaban J connectivity index is 1.44. The predicted octanol–water partition coefficient (Wildman–Crippen LogP) is 2.21. The molecule has 2 aromatic rings. The van der Waals surface area contributed by atoms with Gasteiger partial charge in [-0.25, -0.2) is 4.98 Å². The quantitative estimate of drug-likeness (QED) is 0.836. The van der Waals surface area contributed by atoms with Gasteiger partial charge in [-0.05, 0) is 36.5 Å². The Kier molecular flexibility index (Phi) is 5.57. The number of pyridine rings is 2. The summed E-state index contributed by atoms with van der Waals surface area (Å²) >= 11 is 0. The van der Waals surface area contributed by atoms with Crippen LogP contribution in [-0.4, -0.2) is 40.5 Å². The van der Waals surface area contributed by atoms with Crippen LogP contribution in [0.5, 0.6) is 5.88 Å². The molecular formula is C19H20N4O2. The topological polar surface area (TPSA) is 79.1 Å². The summed E-state index contributed by atoms with van der Waals surface area (Å²) in [6, 6.07) is 9.15. The summed E-state index contributed by atoms with van der Waals surface area (Å²) in [5.41, 5.74) is 1.49. The van der Waals surface area contributed by atoms with Crippen LogP contribution in [-0.2, 0) is 11.2 Å². The summed E-state index contributed by atoms with van der Waals surface area (Å²) in [7, 11) is 0. The third-order valence-electron chi connectivity index (χ3n) is 4.38. The molecule has 1 saturated heterocycles. The van der Waals surface area contributed by atoms with Gasteiger partial charge in [-0.15, -0.1) is 0 Å². The SMILES string of the molecule is N#Cc1ccnc(OCC2CCN(C(=O)Cc3cccnc3)CC2)c1. The van der Waals surface area contributed by atoms with Crippen molar-refractivity contribution in [2.24, 2.45) is 5.92 Å². The Morgan fingerprint density at radius 1 is 1.32 bits per heavy atom. The molecule has 3 rings (SSSR count). The summed E-state index contributed by atoms with van der Waals surface area (Å²) in [4.78, 5) is 22.4. The van der Waals surface area contributed by atoms with Crippen LogP contribution >= 0.6 is 0 Å². The second kappa shape index (κ2) is 8.25. The maximum Gasteiger partial charge on any atom is 0.227 e. The number of piperidine rings is 1. The van der Waals surface area contributed by atoms with Gasteiger partial charge >= 0.3 is 0 Å². The zero-order valence-electron chi connectivity index (χ0n) is 14.0. The van der Waals surface area contributed by atoms with Crippen LogP contribution < -0.4 is 4.74 Å². The van der Waals surface area contributed by atoms with Crippen LogP contribution in [0.3, 0.4) is 0 Å². The molecule has 0 spiro atoms. The predicted molar refractivity (Wildman–Crippen MR) is 91.7 cm³/mol. The van der Waals surface area contributed by atoms with Crippen molar-refractivity contribution in [3.05, 3.63) is 54.0 Å². The Morgan fingerprint density at radius 3 is 2.88 bits per heavy atom. The molecular weight excluding hydrogens is 316 g/mol. The molecule has 1 aliphatic heterocycles. The minimum Gasteiger partial charge on any atom is -0.477 e. The van der Waals surface area contributed by atoms with Crippen molar-refractivity contribution in [3.63, 3.8) is 0 Å². The number of hydrogen-bond acceptors (Lipinski definition) is 5. The third kappa shape index (κ3) is 4.77. The highest BCUT2D eigenvalue weighted by molar-refractivity contribution is 5.78. The minimum atomic E-state index is 0.149. The molecule has 6 heteroatoms. The number of carbonyl (C=O) groups is 1. The average Bonchev–Trinajstić information content (AvgIpc) is 2.67. The minimum absolute atomic E-state index is 0.149. The first-order valence-electron chi connectivity index (χ1n) is 8.40. The summed E-state index contributed by atoms with van der Waals surface area (Å²) in [6.07, 6.45) is 7.25. The van der Waals surface area contributed by atoms with E-state index in [9.17, 15) is 4.79 Å². The maximum absolute atomic E-state index is 12.4. The van der Waals surface area contributed by atoms with Gasteiger partial charge in [0.25, 0.3) is 0 Å². The Labute approximate surface area is 147 Å². The first kappa shape index (κ1) is 16.9. The number of aromatic nitrogens is 2. The van der Waals surface area contributed by atoms with E-state index >= 15 is 0 Å². The molecule has 0 saturated carbocycles. The monoisotopic (exact) mass is 336 g/mol. The molecule has 6 nitrogen and oxygen atoms in total. The number of ether oxygens (including phenoxy) is 1. The Bertz CT molecular complexity index is 750. The molecule has 0 bridgehead atoms. The van der Waals surface area contributed by atoms with Gasteiger partial charge < -0.3 is 9.64 Å². The molecule has 0 aliphatic carbocycles. The van der Waals surface area contributed by atoms with Gasteiger partial charge in [0.2, 0.25) is 11.8 Å². The smallest absolute Gasteiger partial charge is 0.227 e. The van der Waals surface area contributed by atoms with E-state index < -0.39 is 0 Å². The van der Waals surface area contributed by atoms with Crippen molar-refractivity contribution in [1.82, 2.24) is 14.9 Å². The van der Waals surface area contributed by atoms with Crippen molar-refractivity contribution >= 4 is 5.91 Å². The average molecular weight is 336 g/mol. The van der Waals surface area contributed by atoms with Crippen molar-refractivity contribution in [3.8, 4) is 11.9 Å². The number of carbonyl (C=O) groups excluding carboxylic acids is 1. The van der Waals surface area contributed by atoms with Crippen LogP contribution in [0, 0.1) is 17.2 Å². The van der Waals surface area contributed by atoms with E-state index in [2.05, 4.69) is 16.0 Å². The van der Waals surface area contributed by atoms with Crippen LogP contribution in [0.1, 0.15) is 24.0 Å². The molecule has 128 valence electrons. The van der Waals surface area contributed by atoms with Gasteiger partial charge in [0.15, 0.2) is 0 Å². The van der Waals surface area contributed by atoms with Crippen LogP contribution in [0.25, 0.3) is 0 Å². The van der Waals surface area contributed by atoms with Gasteiger partial charge in [0.05, 0.1) is 24.7 Å². The van der Waals surface area contributed by atoms with Crippen molar-refractivity contribution in [2.45, 2.75) is 19.3 Å². The molecule has 3 heterocycles. The molecule has 25 heavy (non-hydrogen) atoms. The van der Waals surface area contributed by atoms with E-state index in [-0.39, 0.29) is 5.91 Å². The van der Waals surface area contributed by atoms with E-state index in [0.29, 0.717) is 30.4 Å². The van der Waals surface area contributed by atoms with Crippen LogP contribution in [0.4, 0.5) is 0 Å². The molecule has 0 atom stereocenters.